The zero-order valence-electron chi connectivity index (χ0n) is 18.9. The van der Waals surface area contributed by atoms with E-state index in [2.05, 4.69) is 46.1 Å². The molecule has 0 spiro atoms. The molecule has 0 saturated carbocycles. The van der Waals surface area contributed by atoms with E-state index in [1.807, 2.05) is 18.2 Å². The Hall–Kier alpha value is -2.50. The number of aromatic nitrogens is 1. The van der Waals surface area contributed by atoms with E-state index in [9.17, 15) is 4.79 Å². The van der Waals surface area contributed by atoms with Gasteiger partial charge in [0.2, 0.25) is 5.91 Å². The highest BCUT2D eigenvalue weighted by molar-refractivity contribution is 6.31. The minimum atomic E-state index is 0.0546. The van der Waals surface area contributed by atoms with Crippen LogP contribution in [0, 0.1) is 0 Å². The molecule has 1 saturated heterocycles. The Balaban J connectivity index is 1.61. The van der Waals surface area contributed by atoms with Gasteiger partial charge in [-0.25, -0.2) is 0 Å². The fourth-order valence-electron chi connectivity index (χ4n) is 5.75. The van der Waals surface area contributed by atoms with E-state index in [4.69, 9.17) is 16.3 Å². The van der Waals surface area contributed by atoms with Gasteiger partial charge in [0.15, 0.2) is 0 Å². The Morgan fingerprint density at radius 3 is 2.72 bits per heavy atom. The lowest BCUT2D eigenvalue weighted by Gasteiger charge is -2.33. The molecule has 2 aromatic carbocycles. The van der Waals surface area contributed by atoms with Crippen LogP contribution in [0.2, 0.25) is 5.02 Å². The summed E-state index contributed by atoms with van der Waals surface area (Å²) >= 11 is 6.44. The molecule has 3 atom stereocenters. The molecule has 2 aliphatic heterocycles. The molecule has 1 amide bonds. The fraction of sp³-hybridized carbons (Fsp3) is 0.423. The number of hydrogen-bond donors (Lipinski definition) is 1. The van der Waals surface area contributed by atoms with Crippen LogP contribution in [0.4, 0.5) is 0 Å². The van der Waals surface area contributed by atoms with Gasteiger partial charge in [0, 0.05) is 66.1 Å². The Labute approximate surface area is 194 Å². The highest BCUT2D eigenvalue weighted by Crippen LogP contribution is 2.47. The van der Waals surface area contributed by atoms with Crippen LogP contribution in [0.25, 0.3) is 10.9 Å². The first-order chi connectivity index (χ1) is 15.5. The van der Waals surface area contributed by atoms with Gasteiger partial charge in [-0.1, -0.05) is 23.7 Å². The molecular formula is C26H30ClN3O2. The van der Waals surface area contributed by atoms with Crippen molar-refractivity contribution in [3.8, 4) is 5.75 Å². The van der Waals surface area contributed by atoms with E-state index in [0.29, 0.717) is 18.5 Å². The van der Waals surface area contributed by atoms with Gasteiger partial charge < -0.3 is 14.6 Å². The summed E-state index contributed by atoms with van der Waals surface area (Å²) in [5, 5.41) is 4.84. The first kappa shape index (κ1) is 21.4. The molecule has 0 radical (unpaired) electrons. The zero-order valence-corrected chi connectivity index (χ0v) is 19.7. The smallest absolute Gasteiger partial charge is 0.220 e. The van der Waals surface area contributed by atoms with E-state index in [1.54, 1.807) is 14.2 Å². The number of halogens is 1. The van der Waals surface area contributed by atoms with Gasteiger partial charge in [-0.15, -0.1) is 0 Å². The van der Waals surface area contributed by atoms with Gasteiger partial charge in [-0.05, 0) is 61.3 Å². The average Bonchev–Trinajstić information content (AvgIpc) is 3.21. The number of nitrogens with one attached hydrogen (secondary N) is 1. The Morgan fingerprint density at radius 2 is 2.00 bits per heavy atom. The second kappa shape index (κ2) is 8.45. The molecule has 32 heavy (non-hydrogen) atoms. The van der Waals surface area contributed by atoms with Crippen LogP contribution in [-0.4, -0.2) is 42.6 Å². The van der Waals surface area contributed by atoms with Crippen LogP contribution in [0.15, 0.2) is 42.5 Å². The van der Waals surface area contributed by atoms with Gasteiger partial charge in [-0.2, -0.15) is 0 Å². The number of amides is 1. The largest absolute Gasteiger partial charge is 0.497 e. The molecule has 1 fully saturated rings. The zero-order chi connectivity index (χ0) is 22.4. The van der Waals surface area contributed by atoms with Crippen LogP contribution in [0.1, 0.15) is 48.0 Å². The third-order valence-electron chi connectivity index (χ3n) is 7.48. The topological polar surface area (TPSA) is 46.5 Å². The van der Waals surface area contributed by atoms with Gasteiger partial charge in [-0.3, -0.25) is 9.69 Å². The maximum atomic E-state index is 12.4. The van der Waals surface area contributed by atoms with Crippen LogP contribution in [-0.2, 0) is 17.8 Å². The monoisotopic (exact) mass is 451 g/mol. The predicted molar refractivity (Wildman–Crippen MR) is 129 cm³/mol. The molecule has 2 aliphatic rings. The SMILES string of the molecule is CNC(=O)CC(Cn1c2c(c3cc(Cl)ccc31)C1CCC(C2)N1C)c1ccc(OC)cc1. The summed E-state index contributed by atoms with van der Waals surface area (Å²) in [6.45, 7) is 0.760. The molecule has 168 valence electrons. The number of hydrogen-bond acceptors (Lipinski definition) is 3. The number of likely N-dealkylation sites (N-methyl/N-ethyl adjacent to an activating group) is 1. The van der Waals surface area contributed by atoms with Gasteiger partial charge in [0.05, 0.1) is 7.11 Å². The maximum absolute atomic E-state index is 12.4. The van der Waals surface area contributed by atoms with Crippen molar-refractivity contribution in [2.24, 2.45) is 0 Å². The van der Waals surface area contributed by atoms with Crippen molar-refractivity contribution in [1.82, 2.24) is 14.8 Å². The van der Waals surface area contributed by atoms with Crippen molar-refractivity contribution in [1.29, 1.82) is 0 Å². The summed E-state index contributed by atoms with van der Waals surface area (Å²) in [6, 6.07) is 15.4. The predicted octanol–water partition coefficient (Wildman–Crippen LogP) is 4.91. The summed E-state index contributed by atoms with van der Waals surface area (Å²) in [6.07, 6.45) is 3.92. The molecule has 3 heterocycles. The van der Waals surface area contributed by atoms with Crippen molar-refractivity contribution < 1.29 is 9.53 Å². The van der Waals surface area contributed by atoms with Crippen molar-refractivity contribution in [2.75, 3.05) is 21.2 Å². The van der Waals surface area contributed by atoms with Crippen molar-refractivity contribution in [3.63, 3.8) is 0 Å². The number of methoxy groups -OCH3 is 1. The lowest BCUT2D eigenvalue weighted by atomic mass is 9.94. The molecule has 3 unspecified atom stereocenters. The first-order valence-electron chi connectivity index (χ1n) is 11.4. The first-order valence-corrected chi connectivity index (χ1v) is 11.7. The van der Waals surface area contributed by atoms with Crippen molar-refractivity contribution >= 4 is 28.4 Å². The Morgan fingerprint density at radius 1 is 1.22 bits per heavy atom. The van der Waals surface area contributed by atoms with Gasteiger partial charge in [0.25, 0.3) is 0 Å². The third-order valence-corrected chi connectivity index (χ3v) is 7.72. The molecule has 1 N–H and O–H groups in total. The minimum absolute atomic E-state index is 0.0546. The molecule has 6 heteroatoms. The standard InChI is InChI=1S/C26H30ClN3O2/c1-28-25(31)12-17(16-4-8-20(32-3)9-5-16)15-30-22-10-6-18(27)13-21(22)26-23-11-7-19(29(23)2)14-24(26)30/h4-6,8-10,13,17,19,23H,7,11-12,14-15H2,1-3H3,(H,28,31). The summed E-state index contributed by atoms with van der Waals surface area (Å²) in [5.41, 5.74) is 5.22. The van der Waals surface area contributed by atoms with Crippen LogP contribution >= 0.6 is 11.6 Å². The second-order valence-corrected chi connectivity index (χ2v) is 9.53. The van der Waals surface area contributed by atoms with E-state index >= 15 is 0 Å². The fourth-order valence-corrected chi connectivity index (χ4v) is 5.92. The summed E-state index contributed by atoms with van der Waals surface area (Å²) in [4.78, 5) is 15.0. The van der Waals surface area contributed by atoms with E-state index in [1.165, 1.54) is 35.0 Å². The van der Waals surface area contributed by atoms with Gasteiger partial charge in [0.1, 0.15) is 5.75 Å². The van der Waals surface area contributed by atoms with Crippen molar-refractivity contribution in [3.05, 3.63) is 64.3 Å². The summed E-state index contributed by atoms with van der Waals surface area (Å²) in [7, 11) is 5.63. The molecule has 2 bridgehead atoms. The number of rotatable bonds is 6. The summed E-state index contributed by atoms with van der Waals surface area (Å²) in [5.74, 6) is 0.943. The van der Waals surface area contributed by atoms with E-state index < -0.39 is 0 Å². The number of carbonyl (C=O) groups is 1. The average molecular weight is 452 g/mol. The molecule has 5 nitrogen and oxygen atoms in total. The minimum Gasteiger partial charge on any atom is -0.497 e. The summed E-state index contributed by atoms with van der Waals surface area (Å²) < 4.78 is 7.81. The lowest BCUT2D eigenvalue weighted by molar-refractivity contribution is -0.121. The molecule has 5 rings (SSSR count). The van der Waals surface area contributed by atoms with E-state index in [-0.39, 0.29) is 11.8 Å². The molecule has 3 aromatic rings. The molecule has 0 aliphatic carbocycles. The number of benzene rings is 2. The molecular weight excluding hydrogens is 422 g/mol. The number of fused-ring (bicyclic) bond motifs is 6. The number of ether oxygens (including phenoxy) is 1. The number of carbonyl (C=O) groups excluding carboxylic acids is 1. The van der Waals surface area contributed by atoms with Gasteiger partial charge >= 0.3 is 0 Å². The quantitative estimate of drug-likeness (QED) is 0.579. The second-order valence-electron chi connectivity index (χ2n) is 9.10. The highest BCUT2D eigenvalue weighted by atomic mass is 35.5. The normalized spacial score (nSPS) is 20.9. The van der Waals surface area contributed by atoms with Crippen LogP contribution in [0.5, 0.6) is 5.75 Å². The number of nitrogens with zero attached hydrogens (tertiary/aromatic N) is 2. The Bertz CT molecular complexity index is 1150. The van der Waals surface area contributed by atoms with Crippen LogP contribution in [0.3, 0.4) is 0 Å². The Kier molecular flexibility index (Phi) is 5.64. The van der Waals surface area contributed by atoms with E-state index in [0.717, 1.165) is 29.3 Å². The van der Waals surface area contributed by atoms with Crippen molar-refractivity contribution in [2.45, 2.75) is 50.2 Å². The highest BCUT2D eigenvalue weighted by Gasteiger charge is 2.41. The lowest BCUT2D eigenvalue weighted by Crippen LogP contribution is -2.35. The molecule has 1 aromatic heterocycles. The third kappa shape index (κ3) is 3.57. The maximum Gasteiger partial charge on any atom is 0.220 e. The van der Waals surface area contributed by atoms with Crippen LogP contribution < -0.4 is 10.1 Å².